The lowest BCUT2D eigenvalue weighted by Crippen LogP contribution is -2.08. The Hall–Kier alpha value is -3.36. The van der Waals surface area contributed by atoms with Crippen LogP contribution in [0.25, 0.3) is 22.1 Å². The van der Waals surface area contributed by atoms with E-state index in [0.717, 1.165) is 11.6 Å². The SMILES string of the molecule is Cc1ccc(S(=O)(=O)O)cc1.O=c1c(-c2cccc(F)c2)c(F)oc2ccccc12. The normalized spacial score (nSPS) is 11.1. The molecule has 1 heterocycles. The average molecular weight is 430 g/mol. The molecule has 0 amide bonds. The molecular weight excluding hydrogens is 414 g/mol. The standard InChI is InChI=1S/C15H8F2O2.C7H8O3S/c16-10-5-3-4-9(8-10)13-14(18)11-6-1-2-7-12(11)19-15(13)17;1-6-2-4-7(5-3-6)11(8,9)10/h1-8H;2-5H,1H3,(H,8,9,10). The molecule has 0 unspecified atom stereocenters. The van der Waals surface area contributed by atoms with Crippen molar-refractivity contribution in [1.82, 2.24) is 0 Å². The number of para-hydroxylation sites is 1. The third-order valence-corrected chi connectivity index (χ3v) is 5.05. The van der Waals surface area contributed by atoms with Gasteiger partial charge in [0.2, 0.25) is 5.43 Å². The number of hydrogen-bond donors (Lipinski definition) is 1. The van der Waals surface area contributed by atoms with Crippen LogP contribution < -0.4 is 5.43 Å². The maximum absolute atomic E-state index is 13.9. The van der Waals surface area contributed by atoms with Gasteiger partial charge in [-0.25, -0.2) is 4.39 Å². The lowest BCUT2D eigenvalue weighted by Gasteiger charge is -2.04. The molecule has 8 heteroatoms. The molecule has 0 spiro atoms. The number of halogens is 2. The third kappa shape index (κ3) is 4.79. The van der Waals surface area contributed by atoms with E-state index in [4.69, 9.17) is 8.97 Å². The Morgan fingerprint density at radius 3 is 2.20 bits per heavy atom. The molecule has 0 aliphatic carbocycles. The molecule has 4 aromatic rings. The second kappa shape index (κ2) is 8.56. The van der Waals surface area contributed by atoms with Crippen molar-refractivity contribution in [2.24, 2.45) is 0 Å². The summed E-state index contributed by atoms with van der Waals surface area (Å²) in [6, 6.07) is 16.5. The van der Waals surface area contributed by atoms with Gasteiger partial charge < -0.3 is 4.42 Å². The summed E-state index contributed by atoms with van der Waals surface area (Å²) in [7, 11) is -4.02. The monoisotopic (exact) mass is 430 g/mol. The van der Waals surface area contributed by atoms with Crippen LogP contribution in [0.1, 0.15) is 5.56 Å². The van der Waals surface area contributed by atoms with E-state index in [1.54, 1.807) is 30.3 Å². The quantitative estimate of drug-likeness (QED) is 0.454. The van der Waals surface area contributed by atoms with Crippen LogP contribution in [-0.2, 0) is 10.1 Å². The minimum Gasteiger partial charge on any atom is -0.430 e. The first-order valence-electron chi connectivity index (χ1n) is 8.68. The molecule has 0 aliphatic heterocycles. The molecule has 0 fully saturated rings. The zero-order valence-electron chi connectivity index (χ0n) is 15.7. The highest BCUT2D eigenvalue weighted by Gasteiger charge is 2.16. The van der Waals surface area contributed by atoms with E-state index in [9.17, 15) is 22.0 Å². The molecule has 4 rings (SSSR count). The second-order valence-corrected chi connectivity index (χ2v) is 7.80. The lowest BCUT2D eigenvalue weighted by atomic mass is 10.1. The first-order valence-corrected chi connectivity index (χ1v) is 10.1. The van der Waals surface area contributed by atoms with E-state index >= 15 is 0 Å². The van der Waals surface area contributed by atoms with Gasteiger partial charge in [-0.3, -0.25) is 9.35 Å². The number of aryl methyl sites for hydroxylation is 1. The summed E-state index contributed by atoms with van der Waals surface area (Å²) < 4.78 is 61.6. The van der Waals surface area contributed by atoms with Crippen molar-refractivity contribution >= 4 is 21.1 Å². The Morgan fingerprint density at radius 2 is 1.57 bits per heavy atom. The van der Waals surface area contributed by atoms with Crippen molar-refractivity contribution in [3.05, 3.63) is 100 Å². The molecule has 30 heavy (non-hydrogen) atoms. The number of fused-ring (bicyclic) bond motifs is 1. The first-order chi connectivity index (χ1) is 14.2. The molecule has 0 atom stereocenters. The summed E-state index contributed by atoms with van der Waals surface area (Å²) in [5.74, 6) is -0.538. The van der Waals surface area contributed by atoms with Crippen LogP contribution in [0.15, 0.2) is 86.9 Å². The van der Waals surface area contributed by atoms with Gasteiger partial charge in [-0.05, 0) is 48.9 Å². The number of rotatable bonds is 2. The van der Waals surface area contributed by atoms with Gasteiger partial charge in [0, 0.05) is 0 Å². The highest BCUT2D eigenvalue weighted by molar-refractivity contribution is 7.85. The van der Waals surface area contributed by atoms with Gasteiger partial charge in [0.05, 0.1) is 10.3 Å². The highest BCUT2D eigenvalue weighted by Crippen LogP contribution is 2.23. The molecule has 0 saturated heterocycles. The fourth-order valence-electron chi connectivity index (χ4n) is 2.71. The van der Waals surface area contributed by atoms with Gasteiger partial charge in [0.15, 0.2) is 0 Å². The molecule has 1 N–H and O–H groups in total. The summed E-state index contributed by atoms with van der Waals surface area (Å²) in [6.45, 7) is 1.84. The van der Waals surface area contributed by atoms with E-state index in [2.05, 4.69) is 0 Å². The molecule has 0 saturated carbocycles. The fraction of sp³-hybridized carbons (Fsp3) is 0.0455. The molecule has 154 valence electrons. The Bertz CT molecular complexity index is 1360. The van der Waals surface area contributed by atoms with Crippen LogP contribution in [0.5, 0.6) is 0 Å². The Kier molecular flexibility index (Phi) is 6.09. The number of hydrogen-bond acceptors (Lipinski definition) is 4. The maximum atomic E-state index is 13.9. The van der Waals surface area contributed by atoms with Gasteiger partial charge in [0.25, 0.3) is 16.1 Å². The zero-order chi connectivity index (χ0) is 21.9. The molecule has 0 radical (unpaired) electrons. The lowest BCUT2D eigenvalue weighted by molar-refractivity contribution is 0.373. The minimum absolute atomic E-state index is 0.0666. The van der Waals surface area contributed by atoms with Crippen LogP contribution >= 0.6 is 0 Å². The van der Waals surface area contributed by atoms with E-state index < -0.39 is 27.4 Å². The summed E-state index contributed by atoms with van der Waals surface area (Å²) in [5, 5.41) is 0.267. The van der Waals surface area contributed by atoms with Gasteiger partial charge in [-0.15, -0.1) is 0 Å². The summed E-state index contributed by atoms with van der Waals surface area (Å²) in [6.07, 6.45) is 0. The van der Waals surface area contributed by atoms with Crippen LogP contribution in [0.3, 0.4) is 0 Å². The van der Waals surface area contributed by atoms with Crippen molar-refractivity contribution < 1.29 is 26.2 Å². The maximum Gasteiger partial charge on any atom is 0.294 e. The predicted octanol–water partition coefficient (Wildman–Crippen LogP) is 4.98. The van der Waals surface area contributed by atoms with Crippen molar-refractivity contribution in [2.75, 3.05) is 0 Å². The summed E-state index contributed by atoms with van der Waals surface area (Å²) in [5.41, 5.74) is 0.530. The van der Waals surface area contributed by atoms with Crippen molar-refractivity contribution in [3.8, 4) is 11.1 Å². The van der Waals surface area contributed by atoms with Gasteiger partial charge >= 0.3 is 0 Å². The predicted molar refractivity (Wildman–Crippen MR) is 109 cm³/mol. The topological polar surface area (TPSA) is 84.6 Å². The number of benzene rings is 3. The Labute approximate surface area is 171 Å². The van der Waals surface area contributed by atoms with E-state index in [1.807, 2.05) is 6.92 Å². The van der Waals surface area contributed by atoms with Crippen LogP contribution in [-0.4, -0.2) is 13.0 Å². The third-order valence-electron chi connectivity index (χ3n) is 4.19. The Balaban J connectivity index is 0.000000199. The van der Waals surface area contributed by atoms with Crippen molar-refractivity contribution in [3.63, 3.8) is 0 Å². The smallest absolute Gasteiger partial charge is 0.294 e. The van der Waals surface area contributed by atoms with E-state index in [0.29, 0.717) is 0 Å². The van der Waals surface area contributed by atoms with E-state index in [-0.39, 0.29) is 27.0 Å². The molecule has 5 nitrogen and oxygen atoms in total. The minimum atomic E-state index is -4.02. The summed E-state index contributed by atoms with van der Waals surface area (Å²) >= 11 is 0. The molecule has 1 aromatic heterocycles. The van der Waals surface area contributed by atoms with Gasteiger partial charge in [0.1, 0.15) is 17.0 Å². The van der Waals surface area contributed by atoms with Crippen molar-refractivity contribution in [2.45, 2.75) is 11.8 Å². The zero-order valence-corrected chi connectivity index (χ0v) is 16.5. The molecular formula is C22H16F2O5S. The van der Waals surface area contributed by atoms with Gasteiger partial charge in [-0.2, -0.15) is 12.8 Å². The Morgan fingerprint density at radius 1 is 0.900 bits per heavy atom. The largest absolute Gasteiger partial charge is 0.430 e. The average Bonchev–Trinajstić information content (AvgIpc) is 2.68. The van der Waals surface area contributed by atoms with Crippen LogP contribution in [0.2, 0.25) is 0 Å². The molecule has 0 aliphatic rings. The fourth-order valence-corrected chi connectivity index (χ4v) is 3.19. The van der Waals surface area contributed by atoms with E-state index in [1.165, 1.54) is 36.4 Å². The van der Waals surface area contributed by atoms with Gasteiger partial charge in [-0.1, -0.05) is 42.0 Å². The molecule has 0 bridgehead atoms. The molecule has 3 aromatic carbocycles. The van der Waals surface area contributed by atoms with Crippen LogP contribution in [0.4, 0.5) is 8.78 Å². The summed E-state index contributed by atoms with van der Waals surface area (Å²) in [4.78, 5) is 12.2. The van der Waals surface area contributed by atoms with Crippen molar-refractivity contribution in [1.29, 1.82) is 0 Å². The highest BCUT2D eigenvalue weighted by atomic mass is 32.2. The first kappa shape index (κ1) is 21.4. The second-order valence-electron chi connectivity index (χ2n) is 6.37. The van der Waals surface area contributed by atoms with Crippen LogP contribution in [0, 0.1) is 18.8 Å².